The molecule has 33 heavy (non-hydrogen) atoms. The normalized spacial score (nSPS) is 14.2. The van der Waals surface area contributed by atoms with Gasteiger partial charge in [0.25, 0.3) is 5.89 Å². The smallest absolute Gasteiger partial charge is 0.252 e. The van der Waals surface area contributed by atoms with E-state index < -0.39 is 11.7 Å². The highest BCUT2D eigenvalue weighted by molar-refractivity contribution is 6.02. The van der Waals surface area contributed by atoms with Crippen molar-refractivity contribution in [3.63, 3.8) is 0 Å². The van der Waals surface area contributed by atoms with Crippen molar-refractivity contribution < 1.29 is 9.32 Å². The highest BCUT2D eigenvalue weighted by Crippen LogP contribution is 2.30. The maximum absolute atomic E-state index is 13.6. The summed E-state index contributed by atoms with van der Waals surface area (Å²) in [5, 5.41) is 13.9. The van der Waals surface area contributed by atoms with Gasteiger partial charge in [-0.1, -0.05) is 71.7 Å². The third kappa shape index (κ3) is 3.96. The zero-order valence-corrected chi connectivity index (χ0v) is 18.4. The van der Waals surface area contributed by atoms with Crippen LogP contribution in [-0.4, -0.2) is 25.5 Å². The lowest BCUT2D eigenvalue weighted by Crippen LogP contribution is -2.15. The second kappa shape index (κ2) is 8.83. The number of rotatable bonds is 5. The molecule has 2 aromatic heterocycles. The molecule has 1 unspecified atom stereocenters. The van der Waals surface area contributed by atoms with E-state index in [1.165, 1.54) is 0 Å². The second-order valence-electron chi connectivity index (χ2n) is 8.31. The van der Waals surface area contributed by atoms with Gasteiger partial charge in [0.05, 0.1) is 6.07 Å². The third-order valence-corrected chi connectivity index (χ3v) is 6.02. The van der Waals surface area contributed by atoms with E-state index in [0.29, 0.717) is 11.5 Å². The van der Waals surface area contributed by atoms with Gasteiger partial charge in [-0.25, -0.2) is 4.98 Å². The molecule has 1 aliphatic heterocycles. The quantitative estimate of drug-likeness (QED) is 0.402. The minimum absolute atomic E-state index is 0.00490. The molecular weight excluding hydrogens is 414 g/mol. The number of aromatic nitrogens is 4. The van der Waals surface area contributed by atoms with E-state index in [0.717, 1.165) is 60.4 Å². The number of hydrogen-bond donors (Lipinski definition) is 0. The molecule has 2 aromatic carbocycles. The molecule has 0 saturated heterocycles. The summed E-state index contributed by atoms with van der Waals surface area (Å²) >= 11 is 0. The van der Waals surface area contributed by atoms with Crippen molar-refractivity contribution in [3.8, 4) is 28.8 Å². The van der Waals surface area contributed by atoms with Crippen LogP contribution in [0.4, 0.5) is 0 Å². The van der Waals surface area contributed by atoms with Crippen molar-refractivity contribution in [1.82, 2.24) is 19.7 Å². The molecule has 0 radical (unpaired) electrons. The van der Waals surface area contributed by atoms with Gasteiger partial charge >= 0.3 is 0 Å². The zero-order chi connectivity index (χ0) is 22.8. The molecule has 0 amide bonds. The number of hydrogen-bond acceptors (Lipinski definition) is 6. The lowest BCUT2D eigenvalue weighted by atomic mass is 10.0. The van der Waals surface area contributed by atoms with Gasteiger partial charge in [0.15, 0.2) is 5.92 Å². The molecule has 1 aliphatic rings. The lowest BCUT2D eigenvalue weighted by Gasteiger charge is -2.09. The Balaban J connectivity index is 1.53. The summed E-state index contributed by atoms with van der Waals surface area (Å²) in [4.78, 5) is 22.7. The summed E-state index contributed by atoms with van der Waals surface area (Å²) in [6.45, 7) is 2.79. The molecule has 5 rings (SSSR count). The number of fused-ring (bicyclic) bond motifs is 1. The van der Waals surface area contributed by atoms with Crippen LogP contribution in [0.25, 0.3) is 22.8 Å². The van der Waals surface area contributed by atoms with Crippen molar-refractivity contribution in [2.45, 2.75) is 45.1 Å². The van der Waals surface area contributed by atoms with E-state index in [1.807, 2.05) is 61.5 Å². The monoisotopic (exact) mass is 437 g/mol. The average molecular weight is 438 g/mol. The van der Waals surface area contributed by atoms with Crippen LogP contribution >= 0.6 is 0 Å². The number of imidazole rings is 1. The molecule has 7 nitrogen and oxygen atoms in total. The number of Topliss-reactive ketones (excluding diaryl/α,β-unsaturated/α-hetero) is 1. The molecule has 0 saturated carbocycles. The minimum Gasteiger partial charge on any atom is -0.337 e. The van der Waals surface area contributed by atoms with Crippen molar-refractivity contribution >= 4 is 5.78 Å². The summed E-state index contributed by atoms with van der Waals surface area (Å²) in [7, 11) is 0. The predicted molar refractivity (Wildman–Crippen MR) is 122 cm³/mol. The van der Waals surface area contributed by atoms with Crippen LogP contribution in [-0.2, 0) is 13.0 Å². The Morgan fingerprint density at radius 3 is 2.58 bits per heavy atom. The number of ketones is 1. The Bertz CT molecular complexity index is 1330. The number of aryl methyl sites for hydroxylation is 1. The van der Waals surface area contributed by atoms with Crippen LogP contribution in [0.2, 0.25) is 0 Å². The maximum Gasteiger partial charge on any atom is 0.252 e. The number of nitriles is 1. The van der Waals surface area contributed by atoms with Gasteiger partial charge in [-0.05, 0) is 26.2 Å². The molecule has 7 heteroatoms. The van der Waals surface area contributed by atoms with Crippen molar-refractivity contribution in [2.75, 3.05) is 0 Å². The van der Waals surface area contributed by atoms with E-state index in [4.69, 9.17) is 9.51 Å². The lowest BCUT2D eigenvalue weighted by molar-refractivity contribution is 0.0961. The van der Waals surface area contributed by atoms with E-state index >= 15 is 0 Å². The van der Waals surface area contributed by atoms with E-state index in [9.17, 15) is 10.1 Å². The second-order valence-corrected chi connectivity index (χ2v) is 8.31. The number of carbonyl (C=O) groups is 1. The zero-order valence-electron chi connectivity index (χ0n) is 18.4. The fourth-order valence-electron chi connectivity index (χ4n) is 4.26. The van der Waals surface area contributed by atoms with Crippen molar-refractivity contribution in [2.24, 2.45) is 0 Å². The largest absolute Gasteiger partial charge is 0.337 e. The Morgan fingerprint density at radius 1 is 1.03 bits per heavy atom. The predicted octanol–water partition coefficient (Wildman–Crippen LogP) is 5.13. The Kier molecular flexibility index (Phi) is 5.57. The van der Waals surface area contributed by atoms with Gasteiger partial charge in [0, 0.05) is 23.4 Å². The molecule has 0 spiro atoms. The van der Waals surface area contributed by atoms with Gasteiger partial charge in [-0.2, -0.15) is 10.2 Å². The molecule has 1 atom stereocenters. The van der Waals surface area contributed by atoms with E-state index in [-0.39, 0.29) is 5.89 Å². The van der Waals surface area contributed by atoms with Gasteiger partial charge in [0.2, 0.25) is 11.6 Å². The topological polar surface area (TPSA) is 97.6 Å². The Labute approximate surface area is 191 Å². The first-order valence-corrected chi connectivity index (χ1v) is 11.1. The highest BCUT2D eigenvalue weighted by atomic mass is 16.5. The maximum atomic E-state index is 13.6. The van der Waals surface area contributed by atoms with Gasteiger partial charge < -0.3 is 9.09 Å². The molecule has 0 N–H and O–H groups in total. The molecule has 0 fully saturated rings. The summed E-state index contributed by atoms with van der Waals surface area (Å²) in [6.07, 6.45) is 3.85. The molecule has 0 aliphatic carbocycles. The van der Waals surface area contributed by atoms with Crippen LogP contribution in [0.3, 0.4) is 0 Å². The third-order valence-electron chi connectivity index (χ3n) is 6.02. The van der Waals surface area contributed by atoms with E-state index in [2.05, 4.69) is 20.8 Å². The number of nitrogens with zero attached hydrogens (tertiary/aromatic N) is 5. The van der Waals surface area contributed by atoms with Crippen LogP contribution < -0.4 is 0 Å². The minimum atomic E-state index is -1.21. The fourth-order valence-corrected chi connectivity index (χ4v) is 4.26. The van der Waals surface area contributed by atoms with Crippen molar-refractivity contribution in [3.05, 3.63) is 77.4 Å². The molecule has 4 aromatic rings. The molecule has 164 valence electrons. The van der Waals surface area contributed by atoms with Crippen molar-refractivity contribution in [1.29, 1.82) is 5.26 Å². The van der Waals surface area contributed by atoms with Gasteiger partial charge in [-0.15, -0.1) is 0 Å². The van der Waals surface area contributed by atoms with Crippen LogP contribution in [0, 0.1) is 18.3 Å². The highest BCUT2D eigenvalue weighted by Gasteiger charge is 2.33. The van der Waals surface area contributed by atoms with Gasteiger partial charge in [0.1, 0.15) is 11.5 Å². The molecule has 3 heterocycles. The summed E-state index contributed by atoms with van der Waals surface area (Å²) < 4.78 is 7.50. The van der Waals surface area contributed by atoms with Crippen LogP contribution in [0.5, 0.6) is 0 Å². The fraction of sp³-hybridized carbons (Fsp3) is 0.269. The number of carbonyl (C=O) groups excluding carboxylic acids is 1. The first kappa shape index (κ1) is 20.8. The van der Waals surface area contributed by atoms with Crippen LogP contribution in [0.1, 0.15) is 52.8 Å². The number of benzene rings is 2. The summed E-state index contributed by atoms with van der Waals surface area (Å²) in [6, 6.07) is 19.6. The Morgan fingerprint density at radius 2 is 1.82 bits per heavy atom. The average Bonchev–Trinajstić information content (AvgIpc) is 3.39. The molecular formula is C26H23N5O2. The first-order valence-electron chi connectivity index (χ1n) is 11.1. The summed E-state index contributed by atoms with van der Waals surface area (Å²) in [5.74, 6) is -0.493. The Hall–Kier alpha value is -4.05. The summed E-state index contributed by atoms with van der Waals surface area (Å²) in [5.41, 5.74) is 4.05. The molecule has 0 bridgehead atoms. The van der Waals surface area contributed by atoms with Gasteiger partial charge in [-0.3, -0.25) is 4.79 Å². The van der Waals surface area contributed by atoms with E-state index in [1.54, 1.807) is 0 Å². The standard InChI is InChI=1S/C26H23N5O2/c1-17-11-13-18(14-12-17)24-29-26(33-30-24)20(16-27)23(32)22-21-10-6-3-7-15-31(21)25(28-22)19-8-4-2-5-9-19/h2,4-5,8-9,11-14,20H,3,6-7,10,15H2,1H3. The first-order chi connectivity index (χ1) is 16.2. The SMILES string of the molecule is Cc1ccc(-c2noc(C(C#N)C(=O)c3nc(-c4ccccc4)n4c3CCCCC4)n2)cc1. The van der Waals surface area contributed by atoms with Crippen LogP contribution in [0.15, 0.2) is 59.1 Å².